The van der Waals surface area contributed by atoms with Crippen LogP contribution in [0.4, 0.5) is 4.79 Å². The lowest BCUT2D eigenvalue weighted by molar-refractivity contribution is -0.121. The van der Waals surface area contributed by atoms with Crippen LogP contribution in [0, 0.1) is 0 Å². The van der Waals surface area contributed by atoms with Crippen molar-refractivity contribution in [3.05, 3.63) is 0 Å². The first kappa shape index (κ1) is 11.4. The number of nitrogens with zero attached hydrogens (tertiary/aromatic N) is 1. The quantitative estimate of drug-likeness (QED) is 0.737. The first-order valence-corrected chi connectivity index (χ1v) is 6.33. The molecule has 0 aromatic heterocycles. The van der Waals surface area contributed by atoms with Gasteiger partial charge in [-0.2, -0.15) is 0 Å². The summed E-state index contributed by atoms with van der Waals surface area (Å²) in [6.07, 6.45) is 7.34. The van der Waals surface area contributed by atoms with Crippen molar-refractivity contribution in [2.75, 3.05) is 13.1 Å². The van der Waals surface area contributed by atoms with Gasteiger partial charge in [0, 0.05) is 19.0 Å². The monoisotopic (exact) mass is 224 g/mol. The Morgan fingerprint density at radius 3 is 2.62 bits per heavy atom. The van der Waals surface area contributed by atoms with E-state index in [2.05, 4.69) is 5.32 Å². The highest BCUT2D eigenvalue weighted by atomic mass is 16.2. The first-order valence-electron chi connectivity index (χ1n) is 6.33. The fraction of sp³-hybridized carbons (Fsp3) is 0.833. The molecule has 1 aliphatic carbocycles. The van der Waals surface area contributed by atoms with Crippen LogP contribution in [-0.2, 0) is 4.79 Å². The van der Waals surface area contributed by atoms with Gasteiger partial charge in [-0.15, -0.1) is 0 Å². The number of Topliss-reactive ketones (excluding diaryl/α,β-unsaturated/α-hetero) is 1. The van der Waals surface area contributed by atoms with E-state index >= 15 is 0 Å². The molecule has 4 heteroatoms. The molecular weight excluding hydrogens is 204 g/mol. The molecule has 90 valence electrons. The van der Waals surface area contributed by atoms with Crippen molar-refractivity contribution in [3.63, 3.8) is 0 Å². The predicted molar refractivity (Wildman–Crippen MR) is 61.2 cm³/mol. The van der Waals surface area contributed by atoms with Crippen LogP contribution in [0.5, 0.6) is 0 Å². The van der Waals surface area contributed by atoms with Crippen LogP contribution in [0.2, 0.25) is 0 Å². The van der Waals surface area contributed by atoms with Crippen LogP contribution >= 0.6 is 0 Å². The summed E-state index contributed by atoms with van der Waals surface area (Å²) in [6, 6.07) is 0.290. The number of carbonyl (C=O) groups excluding carboxylic acids is 2. The summed E-state index contributed by atoms with van der Waals surface area (Å²) in [5.41, 5.74) is 0. The number of carbonyl (C=O) groups is 2. The Morgan fingerprint density at radius 2 is 1.94 bits per heavy atom. The fourth-order valence-electron chi connectivity index (χ4n) is 2.52. The number of likely N-dealkylation sites (tertiary alicyclic amines) is 1. The third kappa shape index (κ3) is 2.97. The van der Waals surface area contributed by atoms with Gasteiger partial charge in [0.05, 0.1) is 6.54 Å². The van der Waals surface area contributed by atoms with Crippen molar-refractivity contribution in [2.24, 2.45) is 0 Å². The molecule has 1 saturated heterocycles. The molecule has 2 fully saturated rings. The van der Waals surface area contributed by atoms with E-state index in [1.807, 2.05) is 0 Å². The van der Waals surface area contributed by atoms with Crippen molar-refractivity contribution < 1.29 is 9.59 Å². The molecule has 16 heavy (non-hydrogen) atoms. The molecule has 1 aliphatic heterocycles. The van der Waals surface area contributed by atoms with E-state index in [4.69, 9.17) is 0 Å². The number of rotatable bonds is 1. The molecule has 2 rings (SSSR count). The number of hydrogen-bond donors (Lipinski definition) is 1. The minimum atomic E-state index is -0.0417. The highest BCUT2D eigenvalue weighted by Crippen LogP contribution is 2.18. The van der Waals surface area contributed by atoms with Crippen LogP contribution in [0.3, 0.4) is 0 Å². The second kappa shape index (κ2) is 5.32. The van der Waals surface area contributed by atoms with Gasteiger partial charge in [0.25, 0.3) is 0 Å². The van der Waals surface area contributed by atoms with Gasteiger partial charge in [-0.25, -0.2) is 4.79 Å². The molecule has 0 radical (unpaired) electrons. The summed E-state index contributed by atoms with van der Waals surface area (Å²) in [5, 5.41) is 3.04. The van der Waals surface area contributed by atoms with Crippen molar-refractivity contribution in [1.82, 2.24) is 10.2 Å². The highest BCUT2D eigenvalue weighted by Gasteiger charge is 2.23. The van der Waals surface area contributed by atoms with Gasteiger partial charge in [0.15, 0.2) is 5.78 Å². The third-order valence-electron chi connectivity index (χ3n) is 3.47. The molecule has 0 aromatic rings. The maximum absolute atomic E-state index is 11.9. The fourth-order valence-corrected chi connectivity index (χ4v) is 2.52. The standard InChI is InChI=1S/C12H20N2O2/c15-11-7-4-8-14(9-11)12(16)13-10-5-2-1-3-6-10/h10H,1-9H2,(H,13,16). The normalized spacial score (nSPS) is 23.2. The largest absolute Gasteiger partial charge is 0.335 e. The average molecular weight is 224 g/mol. The lowest BCUT2D eigenvalue weighted by Crippen LogP contribution is -2.49. The smallest absolute Gasteiger partial charge is 0.318 e. The molecule has 1 saturated carbocycles. The Kier molecular flexibility index (Phi) is 3.80. The van der Waals surface area contributed by atoms with Gasteiger partial charge < -0.3 is 10.2 Å². The Bertz CT molecular complexity index is 272. The van der Waals surface area contributed by atoms with Gasteiger partial charge in [-0.3, -0.25) is 4.79 Å². The van der Waals surface area contributed by atoms with Crippen LogP contribution in [-0.4, -0.2) is 35.8 Å². The summed E-state index contributed by atoms with van der Waals surface area (Å²) >= 11 is 0. The van der Waals surface area contributed by atoms with E-state index in [1.54, 1.807) is 4.90 Å². The van der Waals surface area contributed by atoms with Crippen LogP contribution in [0.25, 0.3) is 0 Å². The molecule has 2 aliphatic rings. The second-order valence-electron chi connectivity index (χ2n) is 4.85. The summed E-state index contributed by atoms with van der Waals surface area (Å²) < 4.78 is 0. The van der Waals surface area contributed by atoms with Gasteiger partial charge in [0.2, 0.25) is 0 Å². The Morgan fingerprint density at radius 1 is 1.19 bits per heavy atom. The SMILES string of the molecule is O=C1CCCN(C(=O)NC2CCCCC2)C1. The van der Waals surface area contributed by atoms with Crippen molar-refractivity contribution in [2.45, 2.75) is 51.0 Å². The summed E-state index contributed by atoms with van der Waals surface area (Å²) in [7, 11) is 0. The number of nitrogens with one attached hydrogen (secondary N) is 1. The van der Waals surface area contributed by atoms with Gasteiger partial charge >= 0.3 is 6.03 Å². The number of hydrogen-bond acceptors (Lipinski definition) is 2. The maximum Gasteiger partial charge on any atom is 0.318 e. The molecule has 4 nitrogen and oxygen atoms in total. The van der Waals surface area contributed by atoms with Crippen LogP contribution in [0.1, 0.15) is 44.9 Å². The molecule has 1 N–H and O–H groups in total. The van der Waals surface area contributed by atoms with E-state index in [0.29, 0.717) is 19.0 Å². The van der Waals surface area contributed by atoms with Gasteiger partial charge in [0.1, 0.15) is 0 Å². The zero-order valence-corrected chi connectivity index (χ0v) is 9.71. The van der Waals surface area contributed by atoms with Crippen molar-refractivity contribution in [1.29, 1.82) is 0 Å². The Balaban J connectivity index is 1.79. The molecule has 1 heterocycles. The highest BCUT2D eigenvalue weighted by molar-refractivity contribution is 5.86. The second-order valence-corrected chi connectivity index (χ2v) is 4.85. The average Bonchev–Trinajstić information content (AvgIpc) is 2.30. The zero-order chi connectivity index (χ0) is 11.4. The van der Waals surface area contributed by atoms with Crippen molar-refractivity contribution >= 4 is 11.8 Å². The van der Waals surface area contributed by atoms with Crippen molar-refractivity contribution in [3.8, 4) is 0 Å². The number of piperidine rings is 1. The molecule has 0 bridgehead atoms. The number of ketones is 1. The van der Waals surface area contributed by atoms with Crippen LogP contribution in [0.15, 0.2) is 0 Å². The first-order chi connectivity index (χ1) is 7.75. The van der Waals surface area contributed by atoms with Crippen LogP contribution < -0.4 is 5.32 Å². The molecule has 0 aromatic carbocycles. The van der Waals surface area contributed by atoms with Gasteiger partial charge in [-0.1, -0.05) is 19.3 Å². The third-order valence-corrected chi connectivity index (χ3v) is 3.47. The Hall–Kier alpha value is -1.06. The summed E-state index contributed by atoms with van der Waals surface area (Å²) in [5.74, 6) is 0.185. The lowest BCUT2D eigenvalue weighted by atomic mass is 9.96. The Labute approximate surface area is 96.4 Å². The number of amides is 2. The zero-order valence-electron chi connectivity index (χ0n) is 9.71. The molecule has 0 spiro atoms. The van der Waals surface area contributed by atoms with E-state index in [-0.39, 0.29) is 11.8 Å². The summed E-state index contributed by atoms with van der Waals surface area (Å²) in [4.78, 5) is 24.8. The van der Waals surface area contributed by atoms with E-state index in [9.17, 15) is 9.59 Å². The van der Waals surface area contributed by atoms with E-state index < -0.39 is 0 Å². The maximum atomic E-state index is 11.9. The number of urea groups is 1. The minimum Gasteiger partial charge on any atom is -0.335 e. The predicted octanol–water partition coefficient (Wildman–Crippen LogP) is 1.69. The van der Waals surface area contributed by atoms with E-state index in [0.717, 1.165) is 25.8 Å². The topological polar surface area (TPSA) is 49.4 Å². The molecule has 0 atom stereocenters. The lowest BCUT2D eigenvalue weighted by Gasteiger charge is -2.30. The molecule has 2 amide bonds. The molecular formula is C12H20N2O2. The minimum absolute atomic E-state index is 0.0417. The van der Waals surface area contributed by atoms with Gasteiger partial charge in [-0.05, 0) is 19.3 Å². The molecule has 0 unspecified atom stereocenters. The van der Waals surface area contributed by atoms with E-state index in [1.165, 1.54) is 19.3 Å². The summed E-state index contributed by atoms with van der Waals surface area (Å²) in [6.45, 7) is 1.03.